The summed E-state index contributed by atoms with van der Waals surface area (Å²) < 4.78 is 1.97. The third kappa shape index (κ3) is 3.45. The first-order valence-corrected chi connectivity index (χ1v) is 9.19. The van der Waals surface area contributed by atoms with E-state index in [0.717, 1.165) is 29.7 Å². The van der Waals surface area contributed by atoms with Gasteiger partial charge in [0.15, 0.2) is 5.82 Å². The standard InChI is InChI=1S/C20H23N5O/c1-24(17-5-3-2-4-6-17)20(26)16-9-7-15(8-10-16)11-25-12-18-19(23-14-25)22-13-21-18/h7-10,12-14,17H,2-6,11H2,1H3. The van der Waals surface area contributed by atoms with Gasteiger partial charge in [0.1, 0.15) is 12.0 Å². The molecule has 6 heteroatoms. The van der Waals surface area contributed by atoms with Crippen LogP contribution < -0.4 is 0 Å². The van der Waals surface area contributed by atoms with Gasteiger partial charge in [-0.3, -0.25) is 4.79 Å². The van der Waals surface area contributed by atoms with Crippen molar-refractivity contribution in [2.45, 2.75) is 44.7 Å². The first-order chi connectivity index (χ1) is 12.7. The van der Waals surface area contributed by atoms with Gasteiger partial charge in [-0.25, -0.2) is 15.0 Å². The molecule has 1 saturated carbocycles. The largest absolute Gasteiger partial charge is 0.339 e. The SMILES string of the molecule is CN(C(=O)c1ccc(Cn2cnc3ncnc-3c2)cc1)C1CCCCC1. The van der Waals surface area contributed by atoms with Gasteiger partial charge in [-0.2, -0.15) is 0 Å². The molecule has 1 fully saturated rings. The molecule has 1 aromatic rings. The molecule has 0 atom stereocenters. The van der Waals surface area contributed by atoms with Gasteiger partial charge >= 0.3 is 0 Å². The molecule has 0 aromatic heterocycles. The minimum absolute atomic E-state index is 0.117. The third-order valence-corrected chi connectivity index (χ3v) is 5.23. The average molecular weight is 349 g/mol. The molecule has 4 rings (SSSR count). The number of imidazole rings is 1. The van der Waals surface area contributed by atoms with Crippen LogP contribution in [0.25, 0.3) is 11.5 Å². The molecular formula is C20H23N5O. The summed E-state index contributed by atoms with van der Waals surface area (Å²) in [6, 6.07) is 8.25. The van der Waals surface area contributed by atoms with Crippen molar-refractivity contribution in [1.29, 1.82) is 0 Å². The molecular weight excluding hydrogens is 326 g/mol. The minimum Gasteiger partial charge on any atom is -0.339 e. The predicted molar refractivity (Wildman–Crippen MR) is 98.9 cm³/mol. The Morgan fingerprint density at radius 3 is 2.65 bits per heavy atom. The van der Waals surface area contributed by atoms with Gasteiger partial charge in [-0.15, -0.1) is 0 Å². The highest BCUT2D eigenvalue weighted by Crippen LogP contribution is 2.23. The van der Waals surface area contributed by atoms with E-state index in [-0.39, 0.29) is 5.91 Å². The Labute approximate surface area is 153 Å². The minimum atomic E-state index is 0.117. The van der Waals surface area contributed by atoms with Gasteiger partial charge in [-0.1, -0.05) is 31.4 Å². The summed E-state index contributed by atoms with van der Waals surface area (Å²) in [7, 11) is 1.93. The zero-order valence-electron chi connectivity index (χ0n) is 15.0. The summed E-state index contributed by atoms with van der Waals surface area (Å²) in [6.45, 7) is 0.683. The smallest absolute Gasteiger partial charge is 0.253 e. The molecule has 1 aliphatic carbocycles. The highest BCUT2D eigenvalue weighted by Gasteiger charge is 2.22. The Hall–Kier alpha value is -2.76. The number of fused-ring (bicyclic) bond motifs is 1. The van der Waals surface area contributed by atoms with Crippen LogP contribution in [-0.2, 0) is 6.54 Å². The number of carbonyl (C=O) groups excluding carboxylic acids is 1. The van der Waals surface area contributed by atoms with E-state index in [1.807, 2.05) is 47.0 Å². The number of amides is 1. The molecule has 1 aromatic carbocycles. The van der Waals surface area contributed by atoms with Crippen LogP contribution in [-0.4, -0.2) is 43.4 Å². The van der Waals surface area contributed by atoms with Crippen LogP contribution in [0.3, 0.4) is 0 Å². The lowest BCUT2D eigenvalue weighted by molar-refractivity contribution is 0.0696. The zero-order chi connectivity index (χ0) is 17.9. The zero-order valence-corrected chi connectivity index (χ0v) is 15.0. The van der Waals surface area contributed by atoms with Gasteiger partial charge in [0.05, 0.1) is 6.33 Å². The molecule has 0 radical (unpaired) electrons. The Kier molecular flexibility index (Phi) is 4.65. The fourth-order valence-electron chi connectivity index (χ4n) is 3.67. The van der Waals surface area contributed by atoms with E-state index in [2.05, 4.69) is 15.0 Å². The van der Waals surface area contributed by atoms with E-state index in [9.17, 15) is 4.79 Å². The van der Waals surface area contributed by atoms with Crippen LogP contribution >= 0.6 is 0 Å². The molecule has 26 heavy (non-hydrogen) atoms. The molecule has 1 amide bonds. The fraction of sp³-hybridized carbons (Fsp3) is 0.400. The van der Waals surface area contributed by atoms with Gasteiger partial charge in [0.25, 0.3) is 5.91 Å². The van der Waals surface area contributed by atoms with Gasteiger partial charge in [0.2, 0.25) is 0 Å². The second-order valence-electron chi connectivity index (χ2n) is 7.03. The van der Waals surface area contributed by atoms with Crippen LogP contribution in [0, 0.1) is 0 Å². The summed E-state index contributed by atoms with van der Waals surface area (Å²) >= 11 is 0. The lowest BCUT2D eigenvalue weighted by atomic mass is 9.94. The molecule has 134 valence electrons. The Morgan fingerprint density at radius 1 is 1.12 bits per heavy atom. The first-order valence-electron chi connectivity index (χ1n) is 9.19. The monoisotopic (exact) mass is 349 g/mol. The van der Waals surface area contributed by atoms with Gasteiger partial charge in [0, 0.05) is 31.4 Å². The first kappa shape index (κ1) is 16.7. The van der Waals surface area contributed by atoms with E-state index in [4.69, 9.17) is 0 Å². The van der Waals surface area contributed by atoms with Crippen molar-refractivity contribution >= 4 is 5.91 Å². The second kappa shape index (κ2) is 7.23. The van der Waals surface area contributed by atoms with Crippen molar-refractivity contribution in [1.82, 2.24) is 24.4 Å². The average Bonchev–Trinajstić information content (AvgIpc) is 3.16. The number of carbonyl (C=O) groups is 1. The molecule has 2 aliphatic heterocycles. The van der Waals surface area contributed by atoms with Crippen molar-refractivity contribution in [3.63, 3.8) is 0 Å². The Morgan fingerprint density at radius 2 is 1.88 bits per heavy atom. The number of rotatable bonds is 4. The van der Waals surface area contributed by atoms with Crippen LogP contribution in [0.4, 0.5) is 0 Å². The lowest BCUT2D eigenvalue weighted by Crippen LogP contribution is -2.38. The van der Waals surface area contributed by atoms with Crippen molar-refractivity contribution in [3.8, 4) is 11.5 Å². The van der Waals surface area contributed by atoms with Crippen molar-refractivity contribution < 1.29 is 4.79 Å². The summed E-state index contributed by atoms with van der Waals surface area (Å²) in [4.78, 5) is 27.2. The molecule has 3 aliphatic rings. The van der Waals surface area contributed by atoms with Crippen LogP contribution in [0.5, 0.6) is 0 Å². The summed E-state index contributed by atoms with van der Waals surface area (Å²) in [5, 5.41) is 0. The van der Waals surface area contributed by atoms with Crippen LogP contribution in [0.15, 0.2) is 43.1 Å². The maximum Gasteiger partial charge on any atom is 0.253 e. The maximum atomic E-state index is 12.7. The highest BCUT2D eigenvalue weighted by atomic mass is 16.2. The molecule has 0 saturated heterocycles. The third-order valence-electron chi connectivity index (χ3n) is 5.23. The second-order valence-corrected chi connectivity index (χ2v) is 7.03. The van der Waals surface area contributed by atoms with Gasteiger partial charge < -0.3 is 9.47 Å². The van der Waals surface area contributed by atoms with Crippen molar-refractivity contribution in [2.24, 2.45) is 0 Å². The molecule has 0 bridgehead atoms. The van der Waals surface area contributed by atoms with Gasteiger partial charge in [-0.05, 0) is 30.5 Å². The van der Waals surface area contributed by atoms with Crippen molar-refractivity contribution in [3.05, 3.63) is 54.2 Å². The number of benzene rings is 1. The highest BCUT2D eigenvalue weighted by molar-refractivity contribution is 5.94. The fourth-order valence-corrected chi connectivity index (χ4v) is 3.67. The number of hydrogen-bond donors (Lipinski definition) is 0. The van der Waals surface area contributed by atoms with E-state index in [1.54, 1.807) is 6.33 Å². The van der Waals surface area contributed by atoms with E-state index in [1.165, 1.54) is 25.6 Å². The topological polar surface area (TPSA) is 63.9 Å². The van der Waals surface area contributed by atoms with Crippen LogP contribution in [0.2, 0.25) is 0 Å². The number of hydrogen-bond acceptors (Lipinski definition) is 4. The summed E-state index contributed by atoms with van der Waals surface area (Å²) in [5.41, 5.74) is 2.66. The number of aromatic nitrogens is 4. The quantitative estimate of drug-likeness (QED) is 0.725. The molecule has 0 unspecified atom stereocenters. The molecule has 6 nitrogen and oxygen atoms in total. The summed E-state index contributed by atoms with van der Waals surface area (Å²) in [6.07, 6.45) is 11.2. The van der Waals surface area contributed by atoms with Crippen molar-refractivity contribution in [2.75, 3.05) is 7.05 Å². The maximum absolute atomic E-state index is 12.7. The number of nitrogens with zero attached hydrogens (tertiary/aromatic N) is 5. The summed E-state index contributed by atoms with van der Waals surface area (Å²) in [5.74, 6) is 0.777. The Balaban J connectivity index is 1.44. The normalized spacial score (nSPS) is 15.3. The lowest BCUT2D eigenvalue weighted by Gasteiger charge is -2.31. The van der Waals surface area contributed by atoms with E-state index in [0.29, 0.717) is 18.4 Å². The predicted octanol–water partition coefficient (Wildman–Crippen LogP) is 3.23. The van der Waals surface area contributed by atoms with E-state index < -0.39 is 0 Å². The molecule has 0 spiro atoms. The molecule has 0 N–H and O–H groups in total. The Bertz CT molecular complexity index is 851. The molecule has 2 heterocycles. The van der Waals surface area contributed by atoms with E-state index >= 15 is 0 Å². The van der Waals surface area contributed by atoms with Crippen LogP contribution in [0.1, 0.15) is 48.0 Å².